The summed E-state index contributed by atoms with van der Waals surface area (Å²) in [5, 5.41) is 0. The maximum atomic E-state index is 12.7. The molecule has 5 heteroatoms. The van der Waals surface area contributed by atoms with E-state index in [0.717, 1.165) is 19.4 Å². The zero-order valence-corrected chi connectivity index (χ0v) is 20.2. The number of rotatable bonds is 3. The second-order valence-corrected chi connectivity index (χ2v) is 15.9. The molecule has 0 bridgehead atoms. The molecule has 152 valence electrons. The Morgan fingerprint density at radius 3 is 2.57 bits per heavy atom. The Labute approximate surface area is 183 Å². The standard InChI is InChI=1S/C23H30O2S2Se/c1-20(2)11-17-12-22(16-24,28-18-7-4-3-5-8-18)19-13-25-23(15-21(17,19)14-20)26-9-6-10-27-23/h3-5,7-8,16-17,19H,6,9-15H2,1-2H3/t17-,19+,21+,22-/m0/s1. The fraction of sp³-hybridized carbons (Fsp3) is 0.696. The molecule has 0 amide bonds. The first kappa shape index (κ1) is 20.0. The number of hydrogen-bond donors (Lipinski definition) is 0. The first-order chi connectivity index (χ1) is 13.4. The van der Waals surface area contributed by atoms with E-state index in [2.05, 4.69) is 44.2 Å². The Hall–Kier alpha value is 0.0695. The molecule has 2 aliphatic heterocycles. The summed E-state index contributed by atoms with van der Waals surface area (Å²) in [6.07, 6.45) is 7.42. The van der Waals surface area contributed by atoms with Gasteiger partial charge < -0.3 is 0 Å². The SMILES string of the molecule is CC1(C)C[C@H]2C[C@@](C=O)([Se]c3ccccc3)[C@@H]3COC4(C[C@]23C1)SCCCS4. The van der Waals surface area contributed by atoms with Crippen LogP contribution in [0.15, 0.2) is 30.3 Å². The van der Waals surface area contributed by atoms with Gasteiger partial charge in [0.25, 0.3) is 0 Å². The minimum absolute atomic E-state index is 0.0495. The molecule has 4 fully saturated rings. The van der Waals surface area contributed by atoms with Crippen molar-refractivity contribution in [2.24, 2.45) is 22.7 Å². The van der Waals surface area contributed by atoms with Crippen molar-refractivity contribution in [2.45, 2.75) is 54.5 Å². The predicted octanol–water partition coefficient (Wildman–Crippen LogP) is 4.76. The van der Waals surface area contributed by atoms with Crippen LogP contribution >= 0.6 is 23.5 Å². The Morgan fingerprint density at radius 2 is 1.86 bits per heavy atom. The van der Waals surface area contributed by atoms with E-state index in [0.29, 0.717) is 17.3 Å². The first-order valence-electron chi connectivity index (χ1n) is 10.5. The van der Waals surface area contributed by atoms with Crippen LogP contribution < -0.4 is 4.46 Å². The van der Waals surface area contributed by atoms with Crippen molar-refractivity contribution in [1.29, 1.82) is 0 Å². The van der Waals surface area contributed by atoms with Crippen LogP contribution in [0.5, 0.6) is 0 Å². The number of carbonyl (C=O) groups is 1. The van der Waals surface area contributed by atoms with Crippen LogP contribution in [0.1, 0.15) is 46.0 Å². The van der Waals surface area contributed by atoms with Gasteiger partial charge in [0.1, 0.15) is 0 Å². The van der Waals surface area contributed by atoms with E-state index in [9.17, 15) is 4.79 Å². The molecule has 4 atom stereocenters. The van der Waals surface area contributed by atoms with Crippen LogP contribution in [0, 0.1) is 22.7 Å². The molecule has 2 saturated heterocycles. The topological polar surface area (TPSA) is 26.3 Å². The van der Waals surface area contributed by atoms with Crippen molar-refractivity contribution < 1.29 is 9.53 Å². The van der Waals surface area contributed by atoms with Crippen molar-refractivity contribution in [3.05, 3.63) is 30.3 Å². The average Bonchev–Trinajstić information content (AvgIpc) is 3.05. The summed E-state index contributed by atoms with van der Waals surface area (Å²) in [6, 6.07) is 10.7. The van der Waals surface area contributed by atoms with Gasteiger partial charge in [-0.2, -0.15) is 0 Å². The fourth-order valence-corrected chi connectivity index (χ4v) is 13.1. The van der Waals surface area contributed by atoms with Crippen LogP contribution in [0.25, 0.3) is 0 Å². The van der Waals surface area contributed by atoms with Gasteiger partial charge >= 0.3 is 184 Å². The number of ether oxygens (including phenoxy) is 1. The van der Waals surface area contributed by atoms with Crippen molar-refractivity contribution in [2.75, 3.05) is 18.1 Å². The third-order valence-corrected chi connectivity index (χ3v) is 13.6. The second-order valence-electron chi connectivity index (χ2n) is 9.94. The van der Waals surface area contributed by atoms with Gasteiger partial charge in [0.2, 0.25) is 0 Å². The molecule has 2 saturated carbocycles. The Kier molecular flexibility index (Phi) is 5.04. The third-order valence-electron chi connectivity index (χ3n) is 7.47. The van der Waals surface area contributed by atoms with Crippen LogP contribution in [0.2, 0.25) is 4.31 Å². The van der Waals surface area contributed by atoms with Gasteiger partial charge in [0.05, 0.1) is 0 Å². The molecule has 0 aromatic heterocycles. The molecule has 0 N–H and O–H groups in total. The van der Waals surface area contributed by atoms with Crippen LogP contribution in [-0.2, 0) is 9.53 Å². The molecule has 0 radical (unpaired) electrons. The Bertz CT molecular complexity index is 748. The number of thioether (sulfide) groups is 2. The molecule has 2 nitrogen and oxygen atoms in total. The van der Waals surface area contributed by atoms with Gasteiger partial charge in [-0.1, -0.05) is 0 Å². The third kappa shape index (κ3) is 3.15. The first-order valence-corrected chi connectivity index (χ1v) is 14.2. The Morgan fingerprint density at radius 1 is 1.11 bits per heavy atom. The summed E-state index contributed by atoms with van der Waals surface area (Å²) < 4.78 is 7.78. The average molecular weight is 482 g/mol. The number of carbonyl (C=O) groups excluding carboxylic acids is 1. The second kappa shape index (κ2) is 7.05. The summed E-state index contributed by atoms with van der Waals surface area (Å²) in [7, 11) is 0. The quantitative estimate of drug-likeness (QED) is 0.459. The van der Waals surface area contributed by atoms with E-state index in [1.54, 1.807) is 0 Å². The van der Waals surface area contributed by atoms with Gasteiger partial charge in [-0.3, -0.25) is 0 Å². The molecule has 2 heterocycles. The summed E-state index contributed by atoms with van der Waals surface area (Å²) in [6.45, 7) is 5.68. The van der Waals surface area contributed by atoms with Crippen LogP contribution in [-0.4, -0.2) is 43.6 Å². The van der Waals surface area contributed by atoms with Gasteiger partial charge in [0.15, 0.2) is 0 Å². The monoisotopic (exact) mass is 482 g/mol. The molecule has 5 rings (SSSR count). The van der Waals surface area contributed by atoms with Crippen molar-refractivity contribution in [3.8, 4) is 0 Å². The molecule has 1 aromatic rings. The molecule has 2 aliphatic carbocycles. The van der Waals surface area contributed by atoms with Gasteiger partial charge in [-0.15, -0.1) is 0 Å². The number of benzene rings is 1. The maximum absolute atomic E-state index is 12.7. The summed E-state index contributed by atoms with van der Waals surface area (Å²) in [4.78, 5) is 12.7. The van der Waals surface area contributed by atoms with E-state index < -0.39 is 0 Å². The van der Waals surface area contributed by atoms with Crippen molar-refractivity contribution in [3.63, 3.8) is 0 Å². The van der Waals surface area contributed by atoms with Gasteiger partial charge in [0, 0.05) is 0 Å². The molecule has 0 unspecified atom stereocenters. The zero-order chi connectivity index (χ0) is 19.5. The van der Waals surface area contributed by atoms with Gasteiger partial charge in [-0.05, 0) is 0 Å². The summed E-state index contributed by atoms with van der Waals surface area (Å²) >= 11 is 4.27. The molecule has 4 aliphatic rings. The summed E-state index contributed by atoms with van der Waals surface area (Å²) in [5.74, 6) is 3.49. The number of hydrogen-bond acceptors (Lipinski definition) is 4. The van der Waals surface area contributed by atoms with E-state index >= 15 is 0 Å². The molecular weight excluding hydrogens is 451 g/mol. The van der Waals surface area contributed by atoms with Crippen LogP contribution in [0.3, 0.4) is 0 Å². The van der Waals surface area contributed by atoms with E-state index in [4.69, 9.17) is 4.74 Å². The molecule has 1 aromatic carbocycles. The Balaban J connectivity index is 1.52. The molecular formula is C23H30O2S2Se. The fourth-order valence-electron chi connectivity index (χ4n) is 6.69. The van der Waals surface area contributed by atoms with Crippen molar-refractivity contribution >= 4 is 49.2 Å². The van der Waals surface area contributed by atoms with Crippen molar-refractivity contribution in [1.82, 2.24) is 0 Å². The van der Waals surface area contributed by atoms with Gasteiger partial charge in [-0.25, -0.2) is 0 Å². The summed E-state index contributed by atoms with van der Waals surface area (Å²) in [5.41, 5.74) is 0.677. The van der Waals surface area contributed by atoms with E-state index in [1.165, 1.54) is 41.5 Å². The zero-order valence-electron chi connectivity index (χ0n) is 16.8. The molecule has 2 spiro atoms. The van der Waals surface area contributed by atoms with Crippen LogP contribution in [0.4, 0.5) is 0 Å². The normalized spacial score (nSPS) is 40.8. The number of aldehydes is 1. The molecule has 28 heavy (non-hydrogen) atoms. The minimum atomic E-state index is -0.193. The van der Waals surface area contributed by atoms with E-state index in [-0.39, 0.29) is 29.0 Å². The van der Waals surface area contributed by atoms with E-state index in [1.807, 2.05) is 23.5 Å². The predicted molar refractivity (Wildman–Crippen MR) is 120 cm³/mol.